The highest BCUT2D eigenvalue weighted by Gasteiger charge is 2.32. The topological polar surface area (TPSA) is 46.0 Å². The van der Waals surface area contributed by atoms with Gasteiger partial charge in [0.05, 0.1) is 11.9 Å². The summed E-state index contributed by atoms with van der Waals surface area (Å²) in [5.74, 6) is -0.288. The summed E-state index contributed by atoms with van der Waals surface area (Å²) in [5, 5.41) is 10.4. The lowest BCUT2D eigenvalue weighted by molar-refractivity contribution is 0.0957. The lowest BCUT2D eigenvalue weighted by Crippen LogP contribution is -2.27. The quantitative estimate of drug-likeness (QED) is 0.905. The van der Waals surface area contributed by atoms with Crippen molar-refractivity contribution in [1.82, 2.24) is 9.97 Å². The molecule has 1 unspecified atom stereocenters. The molecule has 1 N–H and O–H groups in total. The first-order valence-electron chi connectivity index (χ1n) is 5.72. The average Bonchev–Trinajstić information content (AvgIpc) is 2.39. The summed E-state index contributed by atoms with van der Waals surface area (Å²) in [6, 6.07) is 6.13. The number of hydrogen-bond acceptors (Lipinski definition) is 3. The van der Waals surface area contributed by atoms with Gasteiger partial charge >= 0.3 is 0 Å². The SMILES string of the molecule is CC(C)(c1ccc(F)cc1)C(O)c1cnccn1. The van der Waals surface area contributed by atoms with Gasteiger partial charge in [-0.25, -0.2) is 4.39 Å². The Labute approximate surface area is 105 Å². The van der Waals surface area contributed by atoms with E-state index in [9.17, 15) is 9.50 Å². The van der Waals surface area contributed by atoms with Crippen molar-refractivity contribution in [3.63, 3.8) is 0 Å². The summed E-state index contributed by atoms with van der Waals surface area (Å²) in [5.41, 5.74) is 0.790. The molecule has 18 heavy (non-hydrogen) atoms. The van der Waals surface area contributed by atoms with Crippen molar-refractivity contribution in [2.24, 2.45) is 0 Å². The fourth-order valence-corrected chi connectivity index (χ4v) is 1.86. The molecule has 0 bridgehead atoms. The van der Waals surface area contributed by atoms with E-state index in [4.69, 9.17) is 0 Å². The van der Waals surface area contributed by atoms with Crippen molar-refractivity contribution in [1.29, 1.82) is 0 Å². The minimum absolute atomic E-state index is 0.288. The predicted molar refractivity (Wildman–Crippen MR) is 66.4 cm³/mol. The lowest BCUT2D eigenvalue weighted by atomic mass is 9.78. The van der Waals surface area contributed by atoms with Gasteiger partial charge < -0.3 is 5.11 Å². The molecule has 2 rings (SSSR count). The molecule has 0 radical (unpaired) electrons. The molecule has 0 fully saturated rings. The van der Waals surface area contributed by atoms with E-state index < -0.39 is 11.5 Å². The highest BCUT2D eigenvalue weighted by molar-refractivity contribution is 5.27. The van der Waals surface area contributed by atoms with Gasteiger partial charge in [0.25, 0.3) is 0 Å². The standard InChI is InChI=1S/C14H15FN2O/c1-14(2,10-3-5-11(15)6-4-10)13(18)12-9-16-7-8-17-12/h3-9,13,18H,1-2H3. The van der Waals surface area contributed by atoms with E-state index in [1.165, 1.54) is 18.3 Å². The second kappa shape index (κ2) is 4.82. The van der Waals surface area contributed by atoms with Crippen LogP contribution in [0, 0.1) is 5.82 Å². The smallest absolute Gasteiger partial charge is 0.123 e. The number of aliphatic hydroxyl groups is 1. The van der Waals surface area contributed by atoms with Crippen molar-refractivity contribution in [3.05, 3.63) is 59.9 Å². The Bertz CT molecular complexity index is 511. The van der Waals surface area contributed by atoms with Crippen LogP contribution in [-0.4, -0.2) is 15.1 Å². The summed E-state index contributed by atoms with van der Waals surface area (Å²) in [4.78, 5) is 8.05. The highest BCUT2D eigenvalue weighted by Crippen LogP contribution is 2.35. The van der Waals surface area contributed by atoms with Crippen LogP contribution in [0.15, 0.2) is 42.9 Å². The van der Waals surface area contributed by atoms with E-state index in [0.29, 0.717) is 5.69 Å². The summed E-state index contributed by atoms with van der Waals surface area (Å²) in [6.45, 7) is 3.78. The molecule has 1 heterocycles. The van der Waals surface area contributed by atoms with Gasteiger partial charge in [0.15, 0.2) is 0 Å². The van der Waals surface area contributed by atoms with E-state index in [1.807, 2.05) is 13.8 Å². The maximum atomic E-state index is 12.9. The van der Waals surface area contributed by atoms with Gasteiger partial charge in [0, 0.05) is 17.8 Å². The van der Waals surface area contributed by atoms with E-state index in [2.05, 4.69) is 9.97 Å². The Hall–Kier alpha value is -1.81. The summed E-state index contributed by atoms with van der Waals surface area (Å²) in [7, 11) is 0. The first kappa shape index (κ1) is 12.6. The third kappa shape index (κ3) is 2.38. The molecule has 0 saturated heterocycles. The van der Waals surface area contributed by atoms with Crippen molar-refractivity contribution in [2.45, 2.75) is 25.4 Å². The third-order valence-electron chi connectivity index (χ3n) is 3.14. The van der Waals surface area contributed by atoms with Gasteiger partial charge in [-0.2, -0.15) is 0 Å². The first-order chi connectivity index (χ1) is 8.51. The minimum atomic E-state index is -0.795. The normalized spacial score (nSPS) is 13.3. The van der Waals surface area contributed by atoms with Crippen LogP contribution in [0.3, 0.4) is 0 Å². The van der Waals surface area contributed by atoms with E-state index in [1.54, 1.807) is 24.5 Å². The number of benzene rings is 1. The van der Waals surface area contributed by atoms with Crippen LogP contribution in [0.2, 0.25) is 0 Å². The van der Waals surface area contributed by atoms with Crippen LogP contribution in [-0.2, 0) is 5.41 Å². The average molecular weight is 246 g/mol. The van der Waals surface area contributed by atoms with Gasteiger partial charge in [-0.1, -0.05) is 26.0 Å². The molecule has 94 valence electrons. The van der Waals surface area contributed by atoms with Gasteiger partial charge in [0.2, 0.25) is 0 Å². The van der Waals surface area contributed by atoms with Crippen molar-refractivity contribution >= 4 is 0 Å². The molecule has 0 spiro atoms. The van der Waals surface area contributed by atoms with Crippen LogP contribution < -0.4 is 0 Å². The molecular weight excluding hydrogens is 231 g/mol. The minimum Gasteiger partial charge on any atom is -0.386 e. The van der Waals surface area contributed by atoms with Crippen molar-refractivity contribution < 1.29 is 9.50 Å². The zero-order valence-corrected chi connectivity index (χ0v) is 10.3. The van der Waals surface area contributed by atoms with Gasteiger partial charge in [0.1, 0.15) is 11.9 Å². The third-order valence-corrected chi connectivity index (χ3v) is 3.14. The summed E-state index contributed by atoms with van der Waals surface area (Å²) in [6.07, 6.45) is 3.84. The maximum absolute atomic E-state index is 12.9. The molecule has 3 nitrogen and oxygen atoms in total. The number of rotatable bonds is 3. The van der Waals surface area contributed by atoms with E-state index in [0.717, 1.165) is 5.56 Å². The second-order valence-electron chi connectivity index (χ2n) is 4.76. The number of nitrogens with zero attached hydrogens (tertiary/aromatic N) is 2. The monoisotopic (exact) mass is 246 g/mol. The van der Waals surface area contributed by atoms with Crippen LogP contribution in [0.25, 0.3) is 0 Å². The number of halogens is 1. The molecule has 2 aromatic rings. The molecule has 0 aliphatic rings. The maximum Gasteiger partial charge on any atom is 0.123 e. The van der Waals surface area contributed by atoms with Crippen LogP contribution in [0.5, 0.6) is 0 Å². The number of aromatic nitrogens is 2. The number of aliphatic hydroxyl groups excluding tert-OH is 1. The Morgan fingerprint density at radius 2 is 1.83 bits per heavy atom. The zero-order valence-electron chi connectivity index (χ0n) is 10.3. The van der Waals surface area contributed by atoms with Gasteiger partial charge in [-0.15, -0.1) is 0 Å². The Morgan fingerprint density at radius 1 is 1.17 bits per heavy atom. The first-order valence-corrected chi connectivity index (χ1v) is 5.72. The molecule has 1 aromatic carbocycles. The van der Waals surface area contributed by atoms with Crippen LogP contribution in [0.1, 0.15) is 31.2 Å². The summed E-state index contributed by atoms with van der Waals surface area (Å²) >= 11 is 0. The fraction of sp³-hybridized carbons (Fsp3) is 0.286. The lowest BCUT2D eigenvalue weighted by Gasteiger charge is -2.30. The van der Waals surface area contributed by atoms with Crippen molar-refractivity contribution in [3.8, 4) is 0 Å². The molecule has 0 aliphatic carbocycles. The highest BCUT2D eigenvalue weighted by atomic mass is 19.1. The molecule has 0 aliphatic heterocycles. The number of hydrogen-bond donors (Lipinski definition) is 1. The fourth-order valence-electron chi connectivity index (χ4n) is 1.86. The Morgan fingerprint density at radius 3 is 2.39 bits per heavy atom. The molecule has 0 amide bonds. The zero-order chi connectivity index (χ0) is 13.2. The van der Waals surface area contributed by atoms with E-state index in [-0.39, 0.29) is 5.82 Å². The molecular formula is C14H15FN2O. The molecule has 0 saturated carbocycles. The second-order valence-corrected chi connectivity index (χ2v) is 4.76. The van der Waals surface area contributed by atoms with Gasteiger partial charge in [-0.05, 0) is 17.7 Å². The Balaban J connectivity index is 2.33. The van der Waals surface area contributed by atoms with E-state index >= 15 is 0 Å². The Kier molecular flexibility index (Phi) is 3.39. The summed E-state index contributed by atoms with van der Waals surface area (Å²) < 4.78 is 12.9. The van der Waals surface area contributed by atoms with Crippen molar-refractivity contribution in [2.75, 3.05) is 0 Å². The largest absolute Gasteiger partial charge is 0.386 e. The van der Waals surface area contributed by atoms with Gasteiger partial charge in [-0.3, -0.25) is 9.97 Å². The van der Waals surface area contributed by atoms with Crippen LogP contribution in [0.4, 0.5) is 4.39 Å². The predicted octanol–water partition coefficient (Wildman–Crippen LogP) is 2.63. The molecule has 4 heteroatoms. The van der Waals surface area contributed by atoms with Crippen LogP contribution >= 0.6 is 0 Å². The molecule has 1 aromatic heterocycles. The molecule has 1 atom stereocenters.